The van der Waals surface area contributed by atoms with Crippen molar-refractivity contribution >= 4 is 17.5 Å². The first-order valence-electron chi connectivity index (χ1n) is 5.64. The van der Waals surface area contributed by atoms with Crippen molar-refractivity contribution in [1.82, 2.24) is 10.5 Å². The minimum atomic E-state index is -0.345. The molecule has 5 nitrogen and oxygen atoms in total. The number of ether oxygens (including phenoxy) is 1. The molecule has 100 valence electrons. The van der Waals surface area contributed by atoms with Crippen LogP contribution < -0.4 is 10.1 Å². The van der Waals surface area contributed by atoms with Crippen LogP contribution >= 0.6 is 11.6 Å². The van der Waals surface area contributed by atoms with Gasteiger partial charge in [-0.3, -0.25) is 4.79 Å². The predicted molar refractivity (Wildman–Crippen MR) is 70.4 cm³/mol. The molecule has 19 heavy (non-hydrogen) atoms. The Hall–Kier alpha value is -2.01. The van der Waals surface area contributed by atoms with Crippen LogP contribution in [0.3, 0.4) is 0 Å². The fourth-order valence-electron chi connectivity index (χ4n) is 1.63. The molecule has 0 aliphatic carbocycles. The third kappa shape index (κ3) is 3.06. The topological polar surface area (TPSA) is 64.4 Å². The maximum Gasteiger partial charge on any atom is 0.290 e. The van der Waals surface area contributed by atoms with Gasteiger partial charge in [-0.2, -0.15) is 0 Å². The zero-order valence-electron chi connectivity index (χ0n) is 10.6. The Balaban J connectivity index is 2.09. The van der Waals surface area contributed by atoms with E-state index in [1.807, 2.05) is 0 Å². The third-order valence-corrected chi connectivity index (χ3v) is 2.93. The molecule has 1 N–H and O–H groups in total. The predicted octanol–water partition coefficient (Wildman–Crippen LogP) is 2.58. The third-order valence-electron chi connectivity index (χ3n) is 2.57. The highest BCUT2D eigenvalue weighted by Crippen LogP contribution is 2.25. The van der Waals surface area contributed by atoms with Crippen molar-refractivity contribution in [2.45, 2.75) is 13.5 Å². The first kappa shape index (κ1) is 13.4. The van der Waals surface area contributed by atoms with Crippen LogP contribution in [0.1, 0.15) is 21.8 Å². The smallest absolute Gasteiger partial charge is 0.290 e. The van der Waals surface area contributed by atoms with Gasteiger partial charge in [0.25, 0.3) is 5.91 Å². The second kappa shape index (κ2) is 5.75. The number of carbonyl (C=O) groups excluding carboxylic acids is 1. The maximum atomic E-state index is 11.8. The summed E-state index contributed by atoms with van der Waals surface area (Å²) in [5.41, 5.74) is 1.37. The molecule has 1 heterocycles. The van der Waals surface area contributed by atoms with Crippen molar-refractivity contribution in [2.75, 3.05) is 7.11 Å². The number of aryl methyl sites for hydroxylation is 1. The van der Waals surface area contributed by atoms with E-state index >= 15 is 0 Å². The fourth-order valence-corrected chi connectivity index (χ4v) is 1.86. The summed E-state index contributed by atoms with van der Waals surface area (Å²) in [5, 5.41) is 6.90. The number of rotatable bonds is 4. The molecule has 2 rings (SSSR count). The van der Waals surface area contributed by atoms with Gasteiger partial charge in [0, 0.05) is 23.2 Å². The molecule has 0 aliphatic rings. The quantitative estimate of drug-likeness (QED) is 0.935. The Morgan fingerprint density at radius 3 is 2.95 bits per heavy atom. The molecule has 0 radical (unpaired) electrons. The van der Waals surface area contributed by atoms with Gasteiger partial charge < -0.3 is 14.6 Å². The van der Waals surface area contributed by atoms with Gasteiger partial charge in [0.2, 0.25) is 5.76 Å². The van der Waals surface area contributed by atoms with E-state index in [1.54, 1.807) is 38.3 Å². The van der Waals surface area contributed by atoms with Crippen LogP contribution in [0.5, 0.6) is 5.75 Å². The van der Waals surface area contributed by atoms with Gasteiger partial charge in [-0.25, -0.2) is 0 Å². The van der Waals surface area contributed by atoms with E-state index in [0.29, 0.717) is 16.5 Å². The molecule has 0 saturated heterocycles. The fraction of sp³-hybridized carbons (Fsp3) is 0.231. The highest BCUT2D eigenvalue weighted by Gasteiger charge is 2.13. The van der Waals surface area contributed by atoms with Gasteiger partial charge in [0.1, 0.15) is 5.75 Å². The van der Waals surface area contributed by atoms with Gasteiger partial charge in [-0.1, -0.05) is 22.8 Å². The average molecular weight is 281 g/mol. The summed E-state index contributed by atoms with van der Waals surface area (Å²) in [7, 11) is 1.55. The minimum Gasteiger partial charge on any atom is -0.496 e. The summed E-state index contributed by atoms with van der Waals surface area (Å²) in [6, 6.07) is 6.88. The molecular formula is C13H13ClN2O3. The van der Waals surface area contributed by atoms with Crippen molar-refractivity contribution in [3.63, 3.8) is 0 Å². The Labute approximate surface area is 115 Å². The van der Waals surface area contributed by atoms with Crippen molar-refractivity contribution < 1.29 is 14.1 Å². The molecule has 1 aromatic heterocycles. The summed E-state index contributed by atoms with van der Waals surface area (Å²) in [5.74, 6) is 0.452. The van der Waals surface area contributed by atoms with Crippen LogP contribution in [0, 0.1) is 6.92 Å². The number of aromatic nitrogens is 1. The first-order valence-corrected chi connectivity index (χ1v) is 6.02. The normalized spacial score (nSPS) is 10.3. The van der Waals surface area contributed by atoms with Gasteiger partial charge in [0.15, 0.2) is 0 Å². The van der Waals surface area contributed by atoms with Crippen LogP contribution in [0.4, 0.5) is 0 Å². The van der Waals surface area contributed by atoms with Crippen molar-refractivity contribution in [3.8, 4) is 5.75 Å². The molecule has 0 atom stereocenters. The lowest BCUT2D eigenvalue weighted by Gasteiger charge is -2.10. The van der Waals surface area contributed by atoms with E-state index in [4.69, 9.17) is 20.9 Å². The Kier molecular flexibility index (Phi) is 4.06. The maximum absolute atomic E-state index is 11.8. The summed E-state index contributed by atoms with van der Waals surface area (Å²) >= 11 is 6.07. The number of amides is 1. The highest BCUT2D eigenvalue weighted by atomic mass is 35.5. The van der Waals surface area contributed by atoms with E-state index in [9.17, 15) is 4.79 Å². The Morgan fingerprint density at radius 2 is 2.32 bits per heavy atom. The highest BCUT2D eigenvalue weighted by molar-refractivity contribution is 6.31. The minimum absolute atomic E-state index is 0.170. The summed E-state index contributed by atoms with van der Waals surface area (Å²) in [4.78, 5) is 11.8. The van der Waals surface area contributed by atoms with Crippen LogP contribution in [0.2, 0.25) is 5.02 Å². The zero-order valence-corrected chi connectivity index (χ0v) is 11.3. The Bertz CT molecular complexity index is 595. The second-order valence-electron chi connectivity index (χ2n) is 3.94. The van der Waals surface area contributed by atoms with Gasteiger partial charge in [-0.05, 0) is 19.1 Å². The number of hydrogen-bond donors (Lipinski definition) is 1. The van der Waals surface area contributed by atoms with Crippen LogP contribution in [0.15, 0.2) is 28.8 Å². The SMILES string of the molecule is COc1cccc(Cl)c1CNC(=O)c1cc(C)no1. The number of halogens is 1. The van der Waals surface area contributed by atoms with Gasteiger partial charge >= 0.3 is 0 Å². The van der Waals surface area contributed by atoms with Crippen LogP contribution in [0.25, 0.3) is 0 Å². The number of hydrogen-bond acceptors (Lipinski definition) is 4. The van der Waals surface area contributed by atoms with Crippen molar-refractivity contribution in [3.05, 3.63) is 46.3 Å². The van der Waals surface area contributed by atoms with Crippen molar-refractivity contribution in [2.24, 2.45) is 0 Å². The van der Waals surface area contributed by atoms with Crippen LogP contribution in [-0.4, -0.2) is 18.2 Å². The number of benzene rings is 1. The molecule has 0 aliphatic heterocycles. The molecule has 6 heteroatoms. The lowest BCUT2D eigenvalue weighted by Crippen LogP contribution is -2.22. The van der Waals surface area contributed by atoms with E-state index in [2.05, 4.69) is 10.5 Å². The molecule has 2 aromatic rings. The summed E-state index contributed by atoms with van der Waals surface area (Å²) < 4.78 is 10.1. The lowest BCUT2D eigenvalue weighted by atomic mass is 10.2. The van der Waals surface area contributed by atoms with E-state index in [0.717, 1.165) is 5.56 Å². The second-order valence-corrected chi connectivity index (χ2v) is 4.34. The molecule has 0 unspecified atom stereocenters. The molecule has 0 spiro atoms. The van der Waals surface area contributed by atoms with E-state index in [-0.39, 0.29) is 18.2 Å². The van der Waals surface area contributed by atoms with Gasteiger partial charge in [0.05, 0.1) is 12.8 Å². The standard InChI is InChI=1S/C13H13ClN2O3/c1-8-6-12(19-16-8)13(17)15-7-9-10(14)4-3-5-11(9)18-2/h3-6H,7H2,1-2H3,(H,15,17). The Morgan fingerprint density at radius 1 is 1.53 bits per heavy atom. The number of carbonyl (C=O) groups is 1. The first-order chi connectivity index (χ1) is 9.11. The zero-order chi connectivity index (χ0) is 13.8. The van der Waals surface area contributed by atoms with E-state index in [1.165, 1.54) is 0 Å². The molecule has 0 saturated carbocycles. The van der Waals surface area contributed by atoms with Crippen LogP contribution in [-0.2, 0) is 6.54 Å². The number of nitrogens with one attached hydrogen (secondary N) is 1. The largest absolute Gasteiger partial charge is 0.496 e. The monoisotopic (exact) mass is 280 g/mol. The molecule has 0 bridgehead atoms. The molecule has 1 amide bonds. The molecule has 1 aromatic carbocycles. The summed E-state index contributed by atoms with van der Waals surface area (Å²) in [6.07, 6.45) is 0. The lowest BCUT2D eigenvalue weighted by molar-refractivity contribution is 0.0913. The van der Waals surface area contributed by atoms with Gasteiger partial charge in [-0.15, -0.1) is 0 Å². The molecule has 0 fully saturated rings. The van der Waals surface area contributed by atoms with E-state index < -0.39 is 0 Å². The number of methoxy groups -OCH3 is 1. The number of nitrogens with zero attached hydrogens (tertiary/aromatic N) is 1. The summed E-state index contributed by atoms with van der Waals surface area (Å²) in [6.45, 7) is 2.00. The van der Waals surface area contributed by atoms with Crippen molar-refractivity contribution in [1.29, 1.82) is 0 Å². The molecular weight excluding hydrogens is 268 g/mol. The average Bonchev–Trinajstić information content (AvgIpc) is 2.83.